The molecular weight excluding hydrogens is 552 g/mol. The number of fused-ring (bicyclic) bond motifs is 11. The summed E-state index contributed by atoms with van der Waals surface area (Å²) in [6.07, 6.45) is 0.619. The molecule has 0 saturated carbocycles. The monoisotopic (exact) mass is 578 g/mol. The van der Waals surface area contributed by atoms with Crippen LogP contribution in [0.2, 0.25) is 0 Å². The zero-order chi connectivity index (χ0) is 29.6. The van der Waals surface area contributed by atoms with Crippen LogP contribution in [0, 0.1) is 0 Å². The Hall–Kier alpha value is -6.07. The molecular formula is C40H26N4O. The molecule has 0 aliphatic carbocycles. The van der Waals surface area contributed by atoms with Gasteiger partial charge in [-0.3, -0.25) is 4.57 Å². The third-order valence-electron chi connectivity index (χ3n) is 9.31. The summed E-state index contributed by atoms with van der Waals surface area (Å²) in [6.45, 7) is 0. The summed E-state index contributed by atoms with van der Waals surface area (Å²) in [5, 5.41) is 8.13. The van der Waals surface area contributed by atoms with Crippen molar-refractivity contribution in [2.75, 3.05) is 0 Å². The number of nitrogens with zero attached hydrogens (tertiary/aromatic N) is 3. The Kier molecular flexibility index (Phi) is 4.86. The first kappa shape index (κ1) is 24.4. The summed E-state index contributed by atoms with van der Waals surface area (Å²) in [7, 11) is 0. The fourth-order valence-electron chi connectivity index (χ4n) is 7.47. The predicted molar refractivity (Wildman–Crippen MR) is 186 cm³/mol. The fourth-order valence-corrected chi connectivity index (χ4v) is 7.47. The van der Waals surface area contributed by atoms with Crippen molar-refractivity contribution < 1.29 is 4.42 Å². The number of benzene rings is 6. The van der Waals surface area contributed by atoms with E-state index in [1.807, 2.05) is 36.4 Å². The predicted octanol–water partition coefficient (Wildman–Crippen LogP) is 9.78. The van der Waals surface area contributed by atoms with Crippen LogP contribution in [0.5, 0.6) is 0 Å². The zero-order valence-corrected chi connectivity index (χ0v) is 24.2. The molecule has 0 atom stereocenters. The standard InChI is InChI=1S/C40H26N4O/c41-40(42-37-28-17-7-11-21-34(28)45-35(37)22-24-12-2-1-3-13-24)44-32-19-9-5-15-26(32)30-23-29-25-14-4-8-18-31(25)43-33-20-10-6-16-27(33)36(38(29)43)39(30)44/h1-21,23H,22H2,(H2,41,42). The maximum atomic E-state index is 7.16. The summed E-state index contributed by atoms with van der Waals surface area (Å²) in [5.74, 6) is 1.20. The number of hydrogen-bond donors (Lipinski definition) is 1. The SMILES string of the molecule is NC(=Nc1c(Cc2ccccc2)oc2ccccc12)n1c2ccccc2c2cc3c4ccccc4n4c5ccccc5c(c21)c34. The van der Waals surface area contributed by atoms with Gasteiger partial charge in [-0.15, -0.1) is 0 Å². The molecule has 0 unspecified atom stereocenters. The van der Waals surface area contributed by atoms with E-state index in [0.717, 1.165) is 49.8 Å². The highest BCUT2D eigenvalue weighted by Crippen LogP contribution is 2.45. The second-order valence-corrected chi connectivity index (χ2v) is 11.8. The Balaban J connectivity index is 1.34. The fraction of sp³-hybridized carbons (Fsp3) is 0.0250. The number of hydrogen-bond acceptors (Lipinski definition) is 2. The van der Waals surface area contributed by atoms with Gasteiger partial charge in [-0.25, -0.2) is 4.99 Å². The van der Waals surface area contributed by atoms with E-state index in [9.17, 15) is 0 Å². The van der Waals surface area contributed by atoms with E-state index in [-0.39, 0.29) is 0 Å². The van der Waals surface area contributed by atoms with Crippen molar-refractivity contribution in [3.05, 3.63) is 145 Å². The molecule has 0 spiro atoms. The number of aromatic nitrogens is 2. The second-order valence-electron chi connectivity index (χ2n) is 11.8. The van der Waals surface area contributed by atoms with Crippen LogP contribution in [0.25, 0.3) is 70.9 Å². The lowest BCUT2D eigenvalue weighted by Gasteiger charge is -2.09. The highest BCUT2D eigenvalue weighted by atomic mass is 16.3. The number of rotatable bonds is 3. The summed E-state index contributed by atoms with van der Waals surface area (Å²) in [4.78, 5) is 5.21. The van der Waals surface area contributed by atoms with E-state index in [1.54, 1.807) is 0 Å². The van der Waals surface area contributed by atoms with E-state index in [4.69, 9.17) is 15.1 Å². The maximum Gasteiger partial charge on any atom is 0.205 e. The van der Waals surface area contributed by atoms with E-state index in [2.05, 4.69) is 106 Å². The number of para-hydroxylation sites is 4. The van der Waals surface area contributed by atoms with Crippen LogP contribution in [0.3, 0.4) is 0 Å². The highest BCUT2D eigenvalue weighted by molar-refractivity contribution is 6.35. The molecule has 0 aliphatic heterocycles. The molecule has 4 aromatic heterocycles. The van der Waals surface area contributed by atoms with Crippen LogP contribution in [0.15, 0.2) is 143 Å². The first-order chi connectivity index (χ1) is 22.3. The Bertz CT molecular complexity index is 2800. The molecule has 10 rings (SSSR count). The third-order valence-corrected chi connectivity index (χ3v) is 9.31. The number of aliphatic imine (C=N–C) groups is 1. The van der Waals surface area contributed by atoms with Gasteiger partial charge in [-0.05, 0) is 42.0 Å². The van der Waals surface area contributed by atoms with Gasteiger partial charge in [-0.2, -0.15) is 0 Å². The zero-order valence-electron chi connectivity index (χ0n) is 24.2. The molecule has 0 amide bonds. The van der Waals surface area contributed by atoms with Gasteiger partial charge < -0.3 is 14.6 Å². The van der Waals surface area contributed by atoms with Crippen molar-refractivity contribution in [1.82, 2.24) is 8.97 Å². The summed E-state index contributed by atoms with van der Waals surface area (Å²) < 4.78 is 11.0. The lowest BCUT2D eigenvalue weighted by Crippen LogP contribution is -2.21. The largest absolute Gasteiger partial charge is 0.458 e. The Morgan fingerprint density at radius 1 is 0.578 bits per heavy atom. The first-order valence-corrected chi connectivity index (χ1v) is 15.2. The molecule has 5 heteroatoms. The van der Waals surface area contributed by atoms with Gasteiger partial charge in [0.2, 0.25) is 5.96 Å². The minimum Gasteiger partial charge on any atom is -0.458 e. The van der Waals surface area contributed by atoms with E-state index >= 15 is 0 Å². The van der Waals surface area contributed by atoms with Gasteiger partial charge >= 0.3 is 0 Å². The van der Waals surface area contributed by atoms with Crippen molar-refractivity contribution in [2.45, 2.75) is 6.42 Å². The number of furan rings is 1. The average molecular weight is 579 g/mol. The molecule has 0 fully saturated rings. The molecule has 5 nitrogen and oxygen atoms in total. The van der Waals surface area contributed by atoms with Crippen molar-refractivity contribution >= 4 is 82.5 Å². The Morgan fingerprint density at radius 2 is 1.16 bits per heavy atom. The summed E-state index contributed by atoms with van der Waals surface area (Å²) >= 11 is 0. The molecule has 4 heterocycles. The molecule has 212 valence electrons. The molecule has 0 radical (unpaired) electrons. The highest BCUT2D eigenvalue weighted by Gasteiger charge is 2.25. The lowest BCUT2D eigenvalue weighted by molar-refractivity contribution is 0.564. The Morgan fingerprint density at radius 3 is 1.93 bits per heavy atom. The minimum absolute atomic E-state index is 0.407. The first-order valence-electron chi connectivity index (χ1n) is 15.2. The van der Waals surface area contributed by atoms with Gasteiger partial charge in [0.25, 0.3) is 0 Å². The van der Waals surface area contributed by atoms with Crippen molar-refractivity contribution in [3.8, 4) is 0 Å². The second kappa shape index (κ2) is 8.97. The molecule has 6 aromatic carbocycles. The van der Waals surface area contributed by atoms with Gasteiger partial charge in [-0.1, -0.05) is 97.1 Å². The van der Waals surface area contributed by atoms with Gasteiger partial charge in [0, 0.05) is 44.1 Å². The van der Waals surface area contributed by atoms with E-state index < -0.39 is 0 Å². The van der Waals surface area contributed by atoms with Crippen LogP contribution in [0.1, 0.15) is 11.3 Å². The van der Waals surface area contributed by atoms with Crippen LogP contribution in [-0.2, 0) is 6.42 Å². The molecule has 0 bridgehead atoms. The lowest BCUT2D eigenvalue weighted by atomic mass is 10.0. The Labute approximate surface area is 257 Å². The maximum absolute atomic E-state index is 7.16. The van der Waals surface area contributed by atoms with Crippen LogP contribution < -0.4 is 5.73 Å². The topological polar surface area (TPSA) is 60.9 Å². The van der Waals surface area contributed by atoms with Gasteiger partial charge in [0.1, 0.15) is 17.0 Å². The molecule has 45 heavy (non-hydrogen) atoms. The molecule has 0 saturated heterocycles. The van der Waals surface area contributed by atoms with Crippen molar-refractivity contribution in [3.63, 3.8) is 0 Å². The quantitative estimate of drug-likeness (QED) is 0.168. The van der Waals surface area contributed by atoms with Crippen molar-refractivity contribution in [2.24, 2.45) is 10.7 Å². The van der Waals surface area contributed by atoms with Gasteiger partial charge in [0.05, 0.1) is 27.6 Å². The molecule has 10 aromatic rings. The van der Waals surface area contributed by atoms with Crippen molar-refractivity contribution in [1.29, 1.82) is 0 Å². The summed E-state index contributed by atoms with van der Waals surface area (Å²) in [6, 6.07) is 46.6. The smallest absolute Gasteiger partial charge is 0.205 e. The minimum atomic E-state index is 0.407. The van der Waals surface area contributed by atoms with Crippen LogP contribution >= 0.6 is 0 Å². The normalized spacial score (nSPS) is 12.8. The van der Waals surface area contributed by atoms with E-state index in [0.29, 0.717) is 12.4 Å². The molecule has 2 N–H and O–H groups in total. The number of nitrogens with two attached hydrogens (primary N) is 1. The van der Waals surface area contributed by atoms with E-state index in [1.165, 1.54) is 38.1 Å². The summed E-state index contributed by atoms with van der Waals surface area (Å²) in [5.41, 5.74) is 15.6. The van der Waals surface area contributed by atoms with Crippen LogP contribution in [-0.4, -0.2) is 14.9 Å². The molecule has 0 aliphatic rings. The third kappa shape index (κ3) is 3.29. The van der Waals surface area contributed by atoms with Crippen LogP contribution in [0.4, 0.5) is 5.69 Å². The average Bonchev–Trinajstić information content (AvgIpc) is 3.81. The van der Waals surface area contributed by atoms with Gasteiger partial charge in [0.15, 0.2) is 0 Å².